The Morgan fingerprint density at radius 2 is 1.84 bits per heavy atom. The van der Waals surface area contributed by atoms with Gasteiger partial charge in [0.05, 0.1) is 22.8 Å². The van der Waals surface area contributed by atoms with Crippen LogP contribution in [0.25, 0.3) is 28.0 Å². The van der Waals surface area contributed by atoms with Gasteiger partial charge in [-0.05, 0) is 37.1 Å². The molecule has 0 aliphatic carbocycles. The van der Waals surface area contributed by atoms with E-state index in [2.05, 4.69) is 47.3 Å². The van der Waals surface area contributed by atoms with Crippen LogP contribution < -0.4 is 0 Å². The van der Waals surface area contributed by atoms with E-state index in [1.807, 2.05) is 58.2 Å². The molecule has 0 radical (unpaired) electrons. The molecule has 31 heavy (non-hydrogen) atoms. The normalized spacial score (nSPS) is 9.71. The smallest absolute Gasteiger partial charge is 0.138 e. The highest BCUT2D eigenvalue weighted by Gasteiger charge is 2.12. The number of terminal acetylenes is 1. The van der Waals surface area contributed by atoms with E-state index in [-0.39, 0.29) is 0 Å². The molecule has 3 rings (SSSR count). The number of unbranched alkanes of at least 4 members (excludes halogenated alkanes) is 1. The van der Waals surface area contributed by atoms with Crippen LogP contribution in [0.3, 0.4) is 0 Å². The van der Waals surface area contributed by atoms with Gasteiger partial charge in [-0.15, -0.1) is 6.42 Å². The standard InChI is InChI=1S/C23H26N4.2C2H6/c1-5-8-13-27(12-6-2)17(4)21-10-9-11-22(26-21)19-14-18-15-20(7-3)25-23(18)24-16-19;2*1-2/h3,9-11,14-16H,4-6,8,12-13H2,1-2H3,(H,24,25);2*1-2H3. The second-order valence-corrected chi connectivity index (χ2v) is 6.68. The second kappa shape index (κ2) is 14.0. The van der Waals surface area contributed by atoms with E-state index >= 15 is 0 Å². The Morgan fingerprint density at radius 3 is 2.48 bits per heavy atom. The summed E-state index contributed by atoms with van der Waals surface area (Å²) in [4.78, 5) is 14.8. The molecule has 0 fully saturated rings. The zero-order valence-corrected chi connectivity index (χ0v) is 20.1. The summed E-state index contributed by atoms with van der Waals surface area (Å²) < 4.78 is 0. The van der Waals surface area contributed by atoms with E-state index in [9.17, 15) is 0 Å². The average Bonchev–Trinajstić information content (AvgIpc) is 3.26. The molecular weight excluding hydrogens is 380 g/mol. The summed E-state index contributed by atoms with van der Waals surface area (Å²) in [5.74, 6) is 2.61. The second-order valence-electron chi connectivity index (χ2n) is 6.68. The van der Waals surface area contributed by atoms with Gasteiger partial charge in [0.25, 0.3) is 0 Å². The summed E-state index contributed by atoms with van der Waals surface area (Å²) in [6.07, 6.45) is 10.7. The molecule has 0 unspecified atom stereocenters. The first kappa shape index (κ1) is 26.0. The molecule has 3 aromatic heterocycles. The third kappa shape index (κ3) is 7.00. The van der Waals surface area contributed by atoms with Gasteiger partial charge in [0.15, 0.2) is 0 Å². The highest BCUT2D eigenvalue weighted by molar-refractivity contribution is 5.82. The summed E-state index contributed by atoms with van der Waals surface area (Å²) in [7, 11) is 0. The molecule has 0 amide bonds. The van der Waals surface area contributed by atoms with Crippen molar-refractivity contribution in [3.05, 3.63) is 54.5 Å². The molecule has 0 aromatic carbocycles. The van der Waals surface area contributed by atoms with Crippen molar-refractivity contribution in [3.8, 4) is 23.6 Å². The third-order valence-electron chi connectivity index (χ3n) is 4.62. The number of nitrogens with one attached hydrogen (secondary N) is 1. The van der Waals surface area contributed by atoms with Crippen molar-refractivity contribution in [3.63, 3.8) is 0 Å². The third-order valence-corrected chi connectivity index (χ3v) is 4.62. The van der Waals surface area contributed by atoms with E-state index in [0.29, 0.717) is 0 Å². The lowest BCUT2D eigenvalue weighted by Gasteiger charge is -2.26. The van der Waals surface area contributed by atoms with Crippen molar-refractivity contribution in [2.75, 3.05) is 13.1 Å². The Hall–Kier alpha value is -3.06. The van der Waals surface area contributed by atoms with Gasteiger partial charge in [-0.25, -0.2) is 9.97 Å². The zero-order chi connectivity index (χ0) is 23.2. The molecule has 4 heteroatoms. The van der Waals surface area contributed by atoms with Gasteiger partial charge in [0, 0.05) is 30.2 Å². The minimum atomic E-state index is 0.732. The first-order valence-electron chi connectivity index (χ1n) is 11.5. The largest absolute Gasteiger partial charge is 0.370 e. The van der Waals surface area contributed by atoms with Crippen LogP contribution in [0.2, 0.25) is 0 Å². The van der Waals surface area contributed by atoms with Crippen LogP contribution >= 0.6 is 0 Å². The molecule has 0 aliphatic heterocycles. The number of rotatable bonds is 8. The maximum absolute atomic E-state index is 5.47. The van der Waals surface area contributed by atoms with Crippen LogP contribution in [0.4, 0.5) is 0 Å². The predicted octanol–water partition coefficient (Wildman–Crippen LogP) is 7.14. The number of H-pyrrole nitrogens is 1. The zero-order valence-electron chi connectivity index (χ0n) is 20.1. The minimum Gasteiger partial charge on any atom is -0.370 e. The molecule has 0 bridgehead atoms. The summed E-state index contributed by atoms with van der Waals surface area (Å²) in [6.45, 7) is 18.7. The van der Waals surface area contributed by atoms with Crippen molar-refractivity contribution in [2.45, 2.75) is 60.8 Å². The van der Waals surface area contributed by atoms with Crippen molar-refractivity contribution in [1.29, 1.82) is 0 Å². The molecule has 1 N–H and O–H groups in total. The van der Waals surface area contributed by atoms with E-state index < -0.39 is 0 Å². The fourth-order valence-electron chi connectivity index (χ4n) is 3.15. The van der Waals surface area contributed by atoms with Crippen LogP contribution in [-0.4, -0.2) is 32.9 Å². The fraction of sp³-hybridized carbons (Fsp3) is 0.407. The highest BCUT2D eigenvalue weighted by Crippen LogP contribution is 2.24. The van der Waals surface area contributed by atoms with Crippen molar-refractivity contribution >= 4 is 16.7 Å². The number of hydrogen-bond acceptors (Lipinski definition) is 3. The predicted molar refractivity (Wildman–Crippen MR) is 136 cm³/mol. The molecule has 0 spiro atoms. The van der Waals surface area contributed by atoms with Crippen molar-refractivity contribution in [2.24, 2.45) is 0 Å². The molecule has 0 atom stereocenters. The van der Waals surface area contributed by atoms with E-state index in [1.165, 1.54) is 6.42 Å². The van der Waals surface area contributed by atoms with E-state index in [4.69, 9.17) is 11.4 Å². The van der Waals surface area contributed by atoms with Gasteiger partial charge in [-0.1, -0.05) is 66.5 Å². The van der Waals surface area contributed by atoms with Crippen LogP contribution in [0.1, 0.15) is 72.2 Å². The van der Waals surface area contributed by atoms with E-state index in [1.54, 1.807) is 0 Å². The van der Waals surface area contributed by atoms with Crippen LogP contribution in [0.15, 0.2) is 43.1 Å². The van der Waals surface area contributed by atoms with Crippen molar-refractivity contribution in [1.82, 2.24) is 19.9 Å². The highest BCUT2D eigenvalue weighted by atomic mass is 15.1. The van der Waals surface area contributed by atoms with Gasteiger partial charge in [-0.2, -0.15) is 0 Å². The molecule has 166 valence electrons. The Bertz CT molecular complexity index is 978. The Labute approximate surface area is 188 Å². The molecular formula is C27H38N4. The lowest BCUT2D eigenvalue weighted by molar-refractivity contribution is 0.387. The van der Waals surface area contributed by atoms with Gasteiger partial charge in [0.2, 0.25) is 0 Å². The number of hydrogen-bond donors (Lipinski definition) is 1. The van der Waals surface area contributed by atoms with Gasteiger partial charge < -0.3 is 9.88 Å². The van der Waals surface area contributed by atoms with Crippen molar-refractivity contribution < 1.29 is 0 Å². The average molecular weight is 419 g/mol. The lowest BCUT2D eigenvalue weighted by atomic mass is 10.1. The summed E-state index contributed by atoms with van der Waals surface area (Å²) in [6, 6.07) is 10.1. The summed E-state index contributed by atoms with van der Waals surface area (Å²) >= 11 is 0. The molecule has 3 heterocycles. The maximum Gasteiger partial charge on any atom is 0.138 e. The topological polar surface area (TPSA) is 44.8 Å². The van der Waals surface area contributed by atoms with Crippen LogP contribution in [0.5, 0.6) is 0 Å². The number of aromatic nitrogens is 3. The van der Waals surface area contributed by atoms with Crippen LogP contribution in [0, 0.1) is 12.3 Å². The number of aromatic amines is 1. The molecule has 0 saturated carbocycles. The monoisotopic (exact) mass is 418 g/mol. The Morgan fingerprint density at radius 1 is 1.10 bits per heavy atom. The number of fused-ring (bicyclic) bond motifs is 1. The fourth-order valence-corrected chi connectivity index (χ4v) is 3.15. The summed E-state index contributed by atoms with van der Waals surface area (Å²) in [5.41, 5.74) is 5.28. The van der Waals surface area contributed by atoms with Gasteiger partial charge in [0.1, 0.15) is 5.65 Å². The Balaban J connectivity index is 0.00000113. The first-order chi connectivity index (χ1) is 15.2. The minimum absolute atomic E-state index is 0.732. The first-order valence-corrected chi connectivity index (χ1v) is 11.5. The molecule has 4 nitrogen and oxygen atoms in total. The maximum atomic E-state index is 5.47. The molecule has 0 saturated heterocycles. The van der Waals surface area contributed by atoms with Gasteiger partial charge in [-0.3, -0.25) is 0 Å². The SMILES string of the molecule is C#Cc1cc2cc(-c3cccc(C(=C)N(CCC)CCCC)n3)cnc2[nH]1.CC.CC. The molecule has 0 aliphatic rings. The molecule has 3 aromatic rings. The quantitative estimate of drug-likeness (QED) is 0.395. The lowest BCUT2D eigenvalue weighted by Crippen LogP contribution is -2.24. The van der Waals surface area contributed by atoms with E-state index in [0.717, 1.165) is 65.3 Å². The summed E-state index contributed by atoms with van der Waals surface area (Å²) in [5, 5.41) is 0.988. The van der Waals surface area contributed by atoms with Gasteiger partial charge >= 0.3 is 0 Å². The number of pyridine rings is 2. The van der Waals surface area contributed by atoms with Crippen LogP contribution in [-0.2, 0) is 0 Å². The number of nitrogens with zero attached hydrogens (tertiary/aromatic N) is 3. The Kier molecular flexibility index (Phi) is 11.8.